The molecule has 7 heteroatoms. The van der Waals surface area contributed by atoms with Crippen LogP contribution in [0.2, 0.25) is 5.02 Å². The van der Waals surface area contributed by atoms with Gasteiger partial charge in [-0.25, -0.2) is 0 Å². The Labute approximate surface area is 127 Å². The van der Waals surface area contributed by atoms with E-state index in [9.17, 15) is 9.59 Å². The highest BCUT2D eigenvalue weighted by Gasteiger charge is 2.26. The summed E-state index contributed by atoms with van der Waals surface area (Å²) in [4.78, 5) is 24.8. The summed E-state index contributed by atoms with van der Waals surface area (Å²) in [5, 5.41) is 9.24. The zero-order chi connectivity index (χ0) is 15.6. The summed E-state index contributed by atoms with van der Waals surface area (Å²) in [5.74, 6) is -0.658. The molecular weight excluding hydrogens is 298 g/mol. The van der Waals surface area contributed by atoms with Gasteiger partial charge in [-0.05, 0) is 25.5 Å². The molecule has 0 saturated heterocycles. The second-order valence-electron chi connectivity index (χ2n) is 4.78. The summed E-state index contributed by atoms with van der Waals surface area (Å²) in [6, 6.07) is 2.79. The third-order valence-electron chi connectivity index (χ3n) is 3.36. The van der Waals surface area contributed by atoms with Crippen molar-refractivity contribution in [2.45, 2.75) is 26.3 Å². The lowest BCUT2D eigenvalue weighted by molar-refractivity contribution is -0.138. The van der Waals surface area contributed by atoms with E-state index in [1.807, 2.05) is 6.92 Å². The number of carboxylic acid groups (broad SMARTS) is 1. The van der Waals surface area contributed by atoms with Crippen LogP contribution in [0.5, 0.6) is 11.5 Å². The number of hydrogen-bond donors (Lipinski definition) is 1. The second kappa shape index (κ2) is 6.22. The summed E-state index contributed by atoms with van der Waals surface area (Å²) >= 11 is 6.05. The van der Waals surface area contributed by atoms with E-state index in [1.54, 1.807) is 6.92 Å². The van der Waals surface area contributed by atoms with Crippen molar-refractivity contribution in [1.82, 2.24) is 4.90 Å². The average molecular weight is 314 g/mol. The van der Waals surface area contributed by atoms with Gasteiger partial charge in [0.25, 0.3) is 5.91 Å². The highest BCUT2D eigenvalue weighted by molar-refractivity contribution is 6.32. The molecule has 1 aliphatic rings. The topological polar surface area (TPSA) is 76.1 Å². The van der Waals surface area contributed by atoms with Gasteiger partial charge >= 0.3 is 5.97 Å². The van der Waals surface area contributed by atoms with Gasteiger partial charge in [-0.2, -0.15) is 0 Å². The Kier molecular flexibility index (Phi) is 4.57. The first-order chi connectivity index (χ1) is 9.93. The number of rotatable bonds is 5. The molecule has 1 unspecified atom stereocenters. The molecule has 1 aromatic rings. The van der Waals surface area contributed by atoms with E-state index >= 15 is 0 Å². The first kappa shape index (κ1) is 15.4. The fourth-order valence-corrected chi connectivity index (χ4v) is 2.32. The first-order valence-electron chi connectivity index (χ1n) is 6.56. The predicted octanol–water partition coefficient (Wildman–Crippen LogP) is 2.39. The average Bonchev–Trinajstić information content (AvgIpc) is 2.91. The van der Waals surface area contributed by atoms with Crippen LogP contribution in [0.3, 0.4) is 0 Å². The van der Waals surface area contributed by atoms with Crippen LogP contribution in [0.25, 0.3) is 0 Å². The number of ether oxygens (including phenoxy) is 2. The molecule has 114 valence electrons. The third kappa shape index (κ3) is 3.21. The molecule has 0 fully saturated rings. The maximum absolute atomic E-state index is 12.5. The molecule has 6 nitrogen and oxygen atoms in total. The van der Waals surface area contributed by atoms with Crippen molar-refractivity contribution in [2.75, 3.05) is 13.3 Å². The lowest BCUT2D eigenvalue weighted by atomic mass is 10.1. The fourth-order valence-electron chi connectivity index (χ4n) is 2.05. The van der Waals surface area contributed by atoms with E-state index < -0.39 is 11.9 Å². The molecule has 1 amide bonds. The van der Waals surface area contributed by atoms with Gasteiger partial charge in [-0.3, -0.25) is 9.59 Å². The lowest BCUT2D eigenvalue weighted by Crippen LogP contribution is -2.41. The molecule has 1 aromatic carbocycles. The van der Waals surface area contributed by atoms with E-state index in [1.165, 1.54) is 17.0 Å². The van der Waals surface area contributed by atoms with Gasteiger partial charge in [0.1, 0.15) is 6.54 Å². The molecule has 1 heterocycles. The van der Waals surface area contributed by atoms with Gasteiger partial charge in [-0.1, -0.05) is 18.5 Å². The van der Waals surface area contributed by atoms with E-state index in [2.05, 4.69) is 0 Å². The first-order valence-corrected chi connectivity index (χ1v) is 6.93. The zero-order valence-electron chi connectivity index (χ0n) is 11.8. The van der Waals surface area contributed by atoms with Crippen LogP contribution in [0.4, 0.5) is 0 Å². The van der Waals surface area contributed by atoms with Crippen molar-refractivity contribution < 1.29 is 24.2 Å². The molecule has 1 N–H and O–H groups in total. The van der Waals surface area contributed by atoms with E-state index in [-0.39, 0.29) is 30.0 Å². The number of aliphatic carboxylic acids is 1. The van der Waals surface area contributed by atoms with Crippen molar-refractivity contribution in [3.63, 3.8) is 0 Å². The summed E-state index contributed by atoms with van der Waals surface area (Å²) in [7, 11) is 0. The van der Waals surface area contributed by atoms with Crippen molar-refractivity contribution in [3.05, 3.63) is 22.7 Å². The number of carboxylic acids is 1. The fraction of sp³-hybridized carbons (Fsp3) is 0.429. The van der Waals surface area contributed by atoms with Crippen molar-refractivity contribution in [1.29, 1.82) is 0 Å². The third-order valence-corrected chi connectivity index (χ3v) is 3.64. The number of halogens is 1. The monoisotopic (exact) mass is 313 g/mol. The molecule has 0 saturated carbocycles. The van der Waals surface area contributed by atoms with Crippen LogP contribution in [0, 0.1) is 0 Å². The number of fused-ring (bicyclic) bond motifs is 1. The largest absolute Gasteiger partial charge is 0.480 e. The maximum Gasteiger partial charge on any atom is 0.323 e. The van der Waals surface area contributed by atoms with Crippen molar-refractivity contribution in [3.8, 4) is 11.5 Å². The Morgan fingerprint density at radius 1 is 1.43 bits per heavy atom. The molecule has 2 rings (SSSR count). The highest BCUT2D eigenvalue weighted by atomic mass is 35.5. The summed E-state index contributed by atoms with van der Waals surface area (Å²) in [6.45, 7) is 3.38. The standard InChI is InChI=1S/C14H16ClNO5/c1-3-8(2)16(6-12(17)18)14(19)9-4-10(15)13-11(5-9)20-7-21-13/h4-5,8H,3,6-7H2,1-2H3,(H,17,18). The lowest BCUT2D eigenvalue weighted by Gasteiger charge is -2.27. The Bertz CT molecular complexity index is 575. The van der Waals surface area contributed by atoms with Crippen LogP contribution < -0.4 is 9.47 Å². The normalized spacial score (nSPS) is 13.9. The second-order valence-corrected chi connectivity index (χ2v) is 5.18. The smallest absolute Gasteiger partial charge is 0.323 e. The van der Waals surface area contributed by atoms with E-state index in [0.717, 1.165) is 0 Å². The van der Waals surface area contributed by atoms with Crippen LogP contribution >= 0.6 is 11.6 Å². The number of nitrogens with zero attached hydrogens (tertiary/aromatic N) is 1. The molecule has 21 heavy (non-hydrogen) atoms. The minimum Gasteiger partial charge on any atom is -0.480 e. The quantitative estimate of drug-likeness (QED) is 0.903. The summed E-state index contributed by atoms with van der Waals surface area (Å²) in [5.41, 5.74) is 0.283. The number of amides is 1. The Morgan fingerprint density at radius 3 is 2.76 bits per heavy atom. The van der Waals surface area contributed by atoms with Crippen LogP contribution in [0.15, 0.2) is 12.1 Å². The Hall–Kier alpha value is -1.95. The highest BCUT2D eigenvalue weighted by Crippen LogP contribution is 2.40. The van der Waals surface area contributed by atoms with Crippen molar-refractivity contribution in [2.24, 2.45) is 0 Å². The molecule has 0 aliphatic carbocycles. The molecule has 0 aromatic heterocycles. The molecule has 1 atom stereocenters. The summed E-state index contributed by atoms with van der Waals surface area (Å²) < 4.78 is 10.4. The van der Waals surface area contributed by atoms with Gasteiger partial charge in [0.05, 0.1) is 5.02 Å². The molecule has 0 radical (unpaired) electrons. The molecule has 0 bridgehead atoms. The minimum atomic E-state index is -1.06. The number of benzene rings is 1. The van der Waals surface area contributed by atoms with Crippen LogP contribution in [-0.2, 0) is 4.79 Å². The van der Waals surface area contributed by atoms with Gasteiger partial charge in [0.15, 0.2) is 11.5 Å². The number of carbonyl (C=O) groups is 2. The van der Waals surface area contributed by atoms with Gasteiger partial charge < -0.3 is 19.5 Å². The Balaban J connectivity index is 2.32. The molecule has 0 spiro atoms. The molecular formula is C14H16ClNO5. The van der Waals surface area contributed by atoms with Gasteiger partial charge in [0.2, 0.25) is 6.79 Å². The van der Waals surface area contributed by atoms with E-state index in [4.69, 9.17) is 26.2 Å². The maximum atomic E-state index is 12.5. The SMILES string of the molecule is CCC(C)N(CC(=O)O)C(=O)c1cc(Cl)c2c(c1)OCO2. The number of carbonyl (C=O) groups excluding carboxylic acids is 1. The van der Waals surface area contributed by atoms with Gasteiger partial charge in [0, 0.05) is 11.6 Å². The minimum absolute atomic E-state index is 0.0525. The zero-order valence-corrected chi connectivity index (χ0v) is 12.5. The Morgan fingerprint density at radius 2 is 2.14 bits per heavy atom. The van der Waals surface area contributed by atoms with Gasteiger partial charge in [-0.15, -0.1) is 0 Å². The van der Waals surface area contributed by atoms with Crippen LogP contribution in [0.1, 0.15) is 30.6 Å². The van der Waals surface area contributed by atoms with Crippen molar-refractivity contribution >= 4 is 23.5 Å². The predicted molar refractivity (Wildman–Crippen MR) is 76.0 cm³/mol. The van der Waals surface area contributed by atoms with Crippen LogP contribution in [-0.4, -0.2) is 41.3 Å². The number of hydrogen-bond acceptors (Lipinski definition) is 4. The van der Waals surface area contributed by atoms with E-state index in [0.29, 0.717) is 17.9 Å². The molecule has 1 aliphatic heterocycles. The summed E-state index contributed by atoms with van der Waals surface area (Å²) in [6.07, 6.45) is 0.650.